The molecule has 1 amide bonds. The van der Waals surface area contributed by atoms with Gasteiger partial charge in [-0.15, -0.1) is 11.8 Å². The summed E-state index contributed by atoms with van der Waals surface area (Å²) in [7, 11) is 0. The van der Waals surface area contributed by atoms with Gasteiger partial charge in [-0.05, 0) is 49.4 Å². The largest absolute Gasteiger partial charge is 0.378 e. The van der Waals surface area contributed by atoms with E-state index in [4.69, 9.17) is 4.74 Å². The van der Waals surface area contributed by atoms with E-state index in [-0.39, 0.29) is 5.91 Å². The third kappa shape index (κ3) is 4.74. The number of halogens is 2. The van der Waals surface area contributed by atoms with Gasteiger partial charge in [-0.25, -0.2) is 8.78 Å². The predicted molar refractivity (Wildman–Crippen MR) is 99.8 cm³/mol. The Hall–Kier alpha value is -2.12. The quantitative estimate of drug-likeness (QED) is 0.801. The van der Waals surface area contributed by atoms with E-state index in [9.17, 15) is 13.6 Å². The molecule has 1 aliphatic rings. The lowest BCUT2D eigenvalue weighted by atomic mass is 10.2. The summed E-state index contributed by atoms with van der Waals surface area (Å²) in [6, 6.07) is 11.3. The number of anilines is 2. The second kappa shape index (κ2) is 8.51. The van der Waals surface area contributed by atoms with E-state index >= 15 is 0 Å². The number of hydrogen-bond acceptors (Lipinski definition) is 4. The van der Waals surface area contributed by atoms with E-state index in [0.29, 0.717) is 10.6 Å². The van der Waals surface area contributed by atoms with Gasteiger partial charge in [0.2, 0.25) is 5.91 Å². The molecule has 0 aromatic heterocycles. The minimum Gasteiger partial charge on any atom is -0.378 e. The molecule has 2 aromatic carbocycles. The molecule has 3 rings (SSSR count). The maximum absolute atomic E-state index is 13.3. The Morgan fingerprint density at radius 3 is 2.46 bits per heavy atom. The molecule has 0 unspecified atom stereocenters. The van der Waals surface area contributed by atoms with Gasteiger partial charge in [0.1, 0.15) is 0 Å². The van der Waals surface area contributed by atoms with Crippen LogP contribution in [0.5, 0.6) is 0 Å². The first-order valence-corrected chi connectivity index (χ1v) is 9.26. The molecule has 1 N–H and O–H groups in total. The Balaban J connectivity index is 1.57. The summed E-state index contributed by atoms with van der Waals surface area (Å²) in [6.45, 7) is 4.87. The van der Waals surface area contributed by atoms with Crippen molar-refractivity contribution in [2.75, 3.05) is 36.5 Å². The summed E-state index contributed by atoms with van der Waals surface area (Å²) < 4.78 is 31.6. The topological polar surface area (TPSA) is 41.6 Å². The van der Waals surface area contributed by atoms with Crippen LogP contribution in [0.25, 0.3) is 0 Å². The molecule has 2 aromatic rings. The Labute approximate surface area is 155 Å². The molecule has 0 spiro atoms. The number of rotatable bonds is 5. The summed E-state index contributed by atoms with van der Waals surface area (Å²) in [5.74, 6) is -2.01. The number of carbonyl (C=O) groups excluding carboxylic acids is 1. The van der Waals surface area contributed by atoms with Crippen molar-refractivity contribution in [2.24, 2.45) is 0 Å². The SMILES string of the molecule is C[C@H](Sc1ccc(F)c(F)c1)C(=O)Nc1ccc(N2CCOCC2)cc1. The van der Waals surface area contributed by atoms with Gasteiger partial charge in [0.25, 0.3) is 0 Å². The Kier molecular flexibility index (Phi) is 6.11. The molecule has 0 saturated carbocycles. The van der Waals surface area contributed by atoms with E-state index < -0.39 is 16.9 Å². The van der Waals surface area contributed by atoms with Crippen molar-refractivity contribution >= 4 is 29.0 Å². The summed E-state index contributed by atoms with van der Waals surface area (Å²) in [5, 5.41) is 2.40. The fraction of sp³-hybridized carbons (Fsp3) is 0.316. The fourth-order valence-corrected chi connectivity index (χ4v) is 3.52. The van der Waals surface area contributed by atoms with Crippen molar-refractivity contribution in [1.82, 2.24) is 0 Å². The molecule has 1 aliphatic heterocycles. The molecule has 7 heteroatoms. The third-order valence-corrected chi connectivity index (χ3v) is 5.18. The van der Waals surface area contributed by atoms with Gasteiger partial charge in [-0.3, -0.25) is 4.79 Å². The Morgan fingerprint density at radius 2 is 1.81 bits per heavy atom. The van der Waals surface area contributed by atoms with Crippen LogP contribution in [0.15, 0.2) is 47.4 Å². The number of benzene rings is 2. The smallest absolute Gasteiger partial charge is 0.237 e. The molecule has 4 nitrogen and oxygen atoms in total. The van der Waals surface area contributed by atoms with Gasteiger partial charge in [0.15, 0.2) is 11.6 Å². The molecule has 0 aliphatic carbocycles. The number of nitrogens with zero attached hydrogens (tertiary/aromatic N) is 1. The van der Waals surface area contributed by atoms with Crippen LogP contribution in [0.1, 0.15) is 6.92 Å². The average Bonchev–Trinajstić information content (AvgIpc) is 2.66. The van der Waals surface area contributed by atoms with Crippen molar-refractivity contribution in [1.29, 1.82) is 0 Å². The molecular weight excluding hydrogens is 358 g/mol. The van der Waals surface area contributed by atoms with Crippen molar-refractivity contribution < 1.29 is 18.3 Å². The van der Waals surface area contributed by atoms with Gasteiger partial charge < -0.3 is 15.0 Å². The lowest BCUT2D eigenvalue weighted by Gasteiger charge is -2.28. The number of morpholine rings is 1. The van der Waals surface area contributed by atoms with Crippen LogP contribution < -0.4 is 10.2 Å². The average molecular weight is 378 g/mol. The van der Waals surface area contributed by atoms with E-state index in [2.05, 4.69) is 10.2 Å². The molecular formula is C19H20F2N2O2S. The monoisotopic (exact) mass is 378 g/mol. The molecule has 1 atom stereocenters. The highest BCUT2D eigenvalue weighted by molar-refractivity contribution is 8.00. The van der Waals surface area contributed by atoms with Crippen LogP contribution in [0.3, 0.4) is 0 Å². The lowest BCUT2D eigenvalue weighted by molar-refractivity contribution is -0.115. The molecule has 1 fully saturated rings. The zero-order valence-corrected chi connectivity index (χ0v) is 15.2. The van der Waals surface area contributed by atoms with Crippen molar-refractivity contribution in [3.05, 3.63) is 54.1 Å². The van der Waals surface area contributed by atoms with E-state index in [0.717, 1.165) is 44.1 Å². The second-order valence-electron chi connectivity index (χ2n) is 5.97. The van der Waals surface area contributed by atoms with Crippen molar-refractivity contribution in [3.63, 3.8) is 0 Å². The van der Waals surface area contributed by atoms with Crippen molar-refractivity contribution in [3.8, 4) is 0 Å². The molecule has 1 saturated heterocycles. The highest BCUT2D eigenvalue weighted by atomic mass is 32.2. The van der Waals surface area contributed by atoms with Gasteiger partial charge >= 0.3 is 0 Å². The van der Waals surface area contributed by atoms with Crippen LogP contribution in [0, 0.1) is 11.6 Å². The number of hydrogen-bond donors (Lipinski definition) is 1. The number of ether oxygens (including phenoxy) is 1. The first-order chi connectivity index (χ1) is 12.5. The van der Waals surface area contributed by atoms with Crippen LogP contribution in [-0.4, -0.2) is 37.5 Å². The summed E-state index contributed by atoms with van der Waals surface area (Å²) in [4.78, 5) is 15.1. The molecule has 0 bridgehead atoms. The van der Waals surface area contributed by atoms with Crippen LogP contribution in [-0.2, 0) is 9.53 Å². The molecule has 1 heterocycles. The number of amides is 1. The minimum atomic E-state index is -0.915. The summed E-state index contributed by atoms with van der Waals surface area (Å²) >= 11 is 1.18. The highest BCUT2D eigenvalue weighted by Crippen LogP contribution is 2.26. The van der Waals surface area contributed by atoms with Gasteiger partial charge in [-0.1, -0.05) is 0 Å². The van der Waals surface area contributed by atoms with Gasteiger partial charge in [-0.2, -0.15) is 0 Å². The Bertz CT molecular complexity index is 765. The zero-order chi connectivity index (χ0) is 18.5. The summed E-state index contributed by atoms with van der Waals surface area (Å²) in [5.41, 5.74) is 1.79. The molecule has 26 heavy (non-hydrogen) atoms. The fourth-order valence-electron chi connectivity index (χ4n) is 2.63. The van der Waals surface area contributed by atoms with E-state index in [1.54, 1.807) is 6.92 Å². The van der Waals surface area contributed by atoms with Crippen LogP contribution in [0.2, 0.25) is 0 Å². The predicted octanol–water partition coefficient (Wildman–Crippen LogP) is 3.92. The second-order valence-corrected chi connectivity index (χ2v) is 7.39. The standard InChI is InChI=1S/C19H20F2N2O2S/c1-13(26-16-6-7-17(20)18(21)12-16)19(24)22-14-2-4-15(5-3-14)23-8-10-25-11-9-23/h2-7,12-13H,8-11H2,1H3,(H,22,24)/t13-/m0/s1. The van der Waals surface area contributed by atoms with E-state index in [1.165, 1.54) is 17.8 Å². The zero-order valence-electron chi connectivity index (χ0n) is 14.4. The minimum absolute atomic E-state index is 0.196. The molecule has 138 valence electrons. The number of carbonyl (C=O) groups is 1. The summed E-state index contributed by atoms with van der Waals surface area (Å²) in [6.07, 6.45) is 0. The van der Waals surface area contributed by atoms with Crippen LogP contribution >= 0.6 is 11.8 Å². The first kappa shape index (κ1) is 18.7. The Morgan fingerprint density at radius 1 is 1.12 bits per heavy atom. The number of thioether (sulfide) groups is 1. The van der Waals surface area contributed by atoms with Crippen LogP contribution in [0.4, 0.5) is 20.2 Å². The van der Waals surface area contributed by atoms with Crippen molar-refractivity contribution in [2.45, 2.75) is 17.1 Å². The first-order valence-electron chi connectivity index (χ1n) is 8.38. The maximum Gasteiger partial charge on any atom is 0.237 e. The number of nitrogens with one attached hydrogen (secondary N) is 1. The van der Waals surface area contributed by atoms with E-state index in [1.807, 2.05) is 24.3 Å². The third-order valence-electron chi connectivity index (χ3n) is 4.08. The van der Waals surface area contributed by atoms with Gasteiger partial charge in [0.05, 0.1) is 18.5 Å². The highest BCUT2D eigenvalue weighted by Gasteiger charge is 2.16. The van der Waals surface area contributed by atoms with Gasteiger partial charge in [0, 0.05) is 29.4 Å². The molecule has 0 radical (unpaired) electrons. The lowest BCUT2D eigenvalue weighted by Crippen LogP contribution is -2.36. The normalized spacial score (nSPS) is 15.6. The maximum atomic E-state index is 13.3.